The van der Waals surface area contributed by atoms with E-state index < -0.39 is 0 Å². The molecule has 0 N–H and O–H groups in total. The quantitative estimate of drug-likeness (QED) is 0.676. The molecule has 0 aliphatic rings. The molecule has 0 saturated heterocycles. The van der Waals surface area contributed by atoms with E-state index in [0.717, 1.165) is 0 Å². The molecule has 2 aromatic carbocycles. The Labute approximate surface area is 98.5 Å². The van der Waals surface area contributed by atoms with E-state index in [9.17, 15) is 0 Å². The number of halogens is 1. The van der Waals surface area contributed by atoms with Gasteiger partial charge >= 0.3 is 0 Å². The fourth-order valence-electron chi connectivity index (χ4n) is 1.70. The number of fused-ring (bicyclic) bond motifs is 1. The molecule has 0 radical (unpaired) electrons. The van der Waals surface area contributed by atoms with Crippen LogP contribution >= 0.6 is 22.6 Å². The average Bonchev–Trinajstić information content (AvgIpc) is 2.18. The van der Waals surface area contributed by atoms with Crippen molar-refractivity contribution in [2.24, 2.45) is 0 Å². The van der Waals surface area contributed by atoms with Gasteiger partial charge in [0.15, 0.2) is 0 Å². The van der Waals surface area contributed by atoms with Crippen molar-refractivity contribution in [1.82, 2.24) is 0 Å². The number of hydrogen-bond donors (Lipinski definition) is 0. The van der Waals surface area contributed by atoms with E-state index in [2.05, 4.69) is 72.8 Å². The van der Waals surface area contributed by atoms with Crippen LogP contribution in [-0.4, -0.2) is 0 Å². The second kappa shape index (κ2) is 3.89. The average molecular weight is 296 g/mol. The van der Waals surface area contributed by atoms with Crippen molar-refractivity contribution in [3.8, 4) is 0 Å². The highest BCUT2D eigenvalue weighted by Gasteiger charge is 2.06. The molecule has 0 saturated carbocycles. The van der Waals surface area contributed by atoms with Crippen molar-refractivity contribution in [2.45, 2.75) is 19.8 Å². The van der Waals surface area contributed by atoms with Gasteiger partial charge < -0.3 is 0 Å². The topological polar surface area (TPSA) is 0 Å². The summed E-state index contributed by atoms with van der Waals surface area (Å²) in [6, 6.07) is 13.0. The minimum Gasteiger partial charge on any atom is -0.0616 e. The van der Waals surface area contributed by atoms with Gasteiger partial charge in [-0.1, -0.05) is 50.2 Å². The summed E-state index contributed by atoms with van der Waals surface area (Å²) >= 11 is 2.45. The molecule has 0 heterocycles. The zero-order valence-electron chi connectivity index (χ0n) is 8.42. The molecule has 0 aromatic heterocycles. The van der Waals surface area contributed by atoms with Crippen LogP contribution < -0.4 is 0 Å². The Morgan fingerprint density at radius 1 is 1.00 bits per heavy atom. The second-order valence-electron chi connectivity index (χ2n) is 3.84. The Balaban J connectivity index is 2.75. The van der Waals surface area contributed by atoms with Gasteiger partial charge in [-0.25, -0.2) is 0 Å². The molecule has 0 atom stereocenters. The first-order valence-corrected chi connectivity index (χ1v) is 5.95. The lowest BCUT2D eigenvalue weighted by Gasteiger charge is -2.10. The number of hydrogen-bond acceptors (Lipinski definition) is 0. The Bertz CT molecular complexity index is 458. The normalized spacial score (nSPS) is 11.1. The van der Waals surface area contributed by atoms with Crippen molar-refractivity contribution in [3.63, 3.8) is 0 Å². The van der Waals surface area contributed by atoms with E-state index in [1.54, 1.807) is 0 Å². The highest BCUT2D eigenvalue weighted by molar-refractivity contribution is 14.1. The lowest BCUT2D eigenvalue weighted by Crippen LogP contribution is -1.92. The van der Waals surface area contributed by atoms with Crippen LogP contribution in [0.4, 0.5) is 0 Å². The Kier molecular flexibility index (Phi) is 2.77. The summed E-state index contributed by atoms with van der Waals surface area (Å²) < 4.78 is 1.40. The molecular formula is C13H13I. The van der Waals surface area contributed by atoms with Crippen LogP contribution in [0, 0.1) is 3.57 Å². The van der Waals surface area contributed by atoms with E-state index in [0.29, 0.717) is 5.92 Å². The smallest absolute Gasteiger partial charge is 0.0243 e. The number of benzene rings is 2. The third kappa shape index (κ3) is 1.65. The van der Waals surface area contributed by atoms with Gasteiger partial charge in [-0.2, -0.15) is 0 Å². The van der Waals surface area contributed by atoms with Crippen LogP contribution in [0.3, 0.4) is 0 Å². The van der Waals surface area contributed by atoms with Crippen LogP contribution in [-0.2, 0) is 0 Å². The zero-order chi connectivity index (χ0) is 10.1. The maximum atomic E-state index is 2.45. The van der Waals surface area contributed by atoms with Crippen LogP contribution in [0.1, 0.15) is 25.3 Å². The summed E-state index contributed by atoms with van der Waals surface area (Å²) in [6.07, 6.45) is 0. The maximum Gasteiger partial charge on any atom is 0.0243 e. The van der Waals surface area contributed by atoms with E-state index in [1.165, 1.54) is 19.9 Å². The lowest BCUT2D eigenvalue weighted by atomic mass is 9.99. The summed E-state index contributed by atoms with van der Waals surface area (Å²) in [7, 11) is 0. The first-order chi connectivity index (χ1) is 6.70. The minimum absolute atomic E-state index is 0.603. The van der Waals surface area contributed by atoms with E-state index in [4.69, 9.17) is 0 Å². The molecule has 0 spiro atoms. The van der Waals surface area contributed by atoms with Crippen molar-refractivity contribution < 1.29 is 0 Å². The summed E-state index contributed by atoms with van der Waals surface area (Å²) in [4.78, 5) is 0. The molecule has 0 aliphatic carbocycles. The van der Waals surface area contributed by atoms with E-state index in [1.807, 2.05) is 0 Å². The maximum absolute atomic E-state index is 2.45. The summed E-state index contributed by atoms with van der Waals surface area (Å²) in [6.45, 7) is 4.48. The molecule has 2 aromatic rings. The van der Waals surface area contributed by atoms with Crippen LogP contribution in [0.25, 0.3) is 10.8 Å². The third-order valence-corrected chi connectivity index (χ3v) is 3.72. The van der Waals surface area contributed by atoms with Crippen molar-refractivity contribution in [3.05, 3.63) is 45.5 Å². The molecule has 14 heavy (non-hydrogen) atoms. The van der Waals surface area contributed by atoms with Gasteiger partial charge in [0.05, 0.1) is 0 Å². The fraction of sp³-hybridized carbons (Fsp3) is 0.231. The number of rotatable bonds is 1. The predicted octanol–water partition coefficient (Wildman–Crippen LogP) is 4.57. The summed E-state index contributed by atoms with van der Waals surface area (Å²) in [5.41, 5.74) is 1.45. The van der Waals surface area contributed by atoms with Gasteiger partial charge in [-0.05, 0) is 44.8 Å². The summed E-state index contributed by atoms with van der Waals surface area (Å²) in [5, 5.41) is 2.71. The van der Waals surface area contributed by atoms with E-state index in [-0.39, 0.29) is 0 Å². The van der Waals surface area contributed by atoms with Crippen molar-refractivity contribution in [2.75, 3.05) is 0 Å². The molecular weight excluding hydrogens is 283 g/mol. The molecule has 2 rings (SSSR count). The first-order valence-electron chi connectivity index (χ1n) is 4.87. The van der Waals surface area contributed by atoms with Crippen LogP contribution in [0.15, 0.2) is 36.4 Å². The minimum atomic E-state index is 0.603. The first kappa shape index (κ1) is 9.97. The molecule has 0 fully saturated rings. The van der Waals surface area contributed by atoms with Gasteiger partial charge in [0, 0.05) is 3.57 Å². The Hall–Kier alpha value is -0.570. The molecule has 0 nitrogen and oxygen atoms in total. The third-order valence-electron chi connectivity index (χ3n) is 2.52. The fourth-order valence-corrected chi connectivity index (χ4v) is 2.99. The monoisotopic (exact) mass is 296 g/mol. The van der Waals surface area contributed by atoms with E-state index >= 15 is 0 Å². The standard InChI is InChI=1S/C13H13I/c1-9(2)11-8-7-10-5-3-4-6-12(10)13(11)14/h3-9H,1-2H3. The van der Waals surface area contributed by atoms with Crippen LogP contribution in [0.5, 0.6) is 0 Å². The Morgan fingerprint density at radius 2 is 1.71 bits per heavy atom. The Morgan fingerprint density at radius 3 is 2.43 bits per heavy atom. The van der Waals surface area contributed by atoms with Crippen molar-refractivity contribution in [1.29, 1.82) is 0 Å². The van der Waals surface area contributed by atoms with Crippen molar-refractivity contribution >= 4 is 33.4 Å². The second-order valence-corrected chi connectivity index (χ2v) is 4.92. The van der Waals surface area contributed by atoms with Gasteiger partial charge in [-0.15, -0.1) is 0 Å². The van der Waals surface area contributed by atoms with Crippen LogP contribution in [0.2, 0.25) is 0 Å². The lowest BCUT2D eigenvalue weighted by molar-refractivity contribution is 0.863. The predicted molar refractivity (Wildman–Crippen MR) is 70.8 cm³/mol. The highest BCUT2D eigenvalue weighted by Crippen LogP contribution is 2.28. The largest absolute Gasteiger partial charge is 0.0616 e. The molecule has 72 valence electrons. The van der Waals surface area contributed by atoms with Gasteiger partial charge in [0.1, 0.15) is 0 Å². The molecule has 0 aliphatic heterocycles. The summed E-state index contributed by atoms with van der Waals surface area (Å²) in [5.74, 6) is 0.603. The zero-order valence-corrected chi connectivity index (χ0v) is 10.6. The SMILES string of the molecule is CC(C)c1ccc2ccccc2c1I. The van der Waals surface area contributed by atoms with Gasteiger partial charge in [-0.3, -0.25) is 0 Å². The molecule has 0 amide bonds. The highest BCUT2D eigenvalue weighted by atomic mass is 127. The molecule has 0 bridgehead atoms. The van der Waals surface area contributed by atoms with Gasteiger partial charge in [0.2, 0.25) is 0 Å². The van der Waals surface area contributed by atoms with Gasteiger partial charge in [0.25, 0.3) is 0 Å². The molecule has 0 unspecified atom stereocenters. The molecule has 1 heteroatoms.